The first-order valence-electron chi connectivity index (χ1n) is 3.20. The Labute approximate surface area is 77.0 Å². The van der Waals surface area contributed by atoms with Gasteiger partial charge in [-0.3, -0.25) is 0 Å². The third-order valence-corrected chi connectivity index (χ3v) is 2.30. The van der Waals surface area contributed by atoms with Gasteiger partial charge in [0, 0.05) is 4.48 Å². The van der Waals surface area contributed by atoms with Crippen molar-refractivity contribution in [3.8, 4) is 0 Å². The van der Waals surface area contributed by atoms with Crippen LogP contribution < -0.4 is 0 Å². The maximum absolute atomic E-state index is 10.4. The summed E-state index contributed by atoms with van der Waals surface area (Å²) in [6.07, 6.45) is 0.118. The molecule has 5 heteroatoms. The lowest BCUT2D eigenvalue weighted by Crippen LogP contribution is -2.33. The average Bonchev–Trinajstić information content (AvgIpc) is 2.00. The second-order valence-corrected chi connectivity index (χ2v) is 3.28. The van der Waals surface area contributed by atoms with Gasteiger partial charge in [-0.2, -0.15) is 0 Å². The molecule has 0 amide bonds. The number of halogens is 1. The molecule has 0 saturated carbocycles. The minimum Gasteiger partial charge on any atom is -0.478 e. The molecular formula is C7H7BrO4. The lowest BCUT2D eigenvalue weighted by atomic mass is 9.99. The molecule has 0 radical (unpaired) electrons. The third kappa shape index (κ3) is 1.57. The molecule has 0 bridgehead atoms. The highest BCUT2D eigenvalue weighted by atomic mass is 79.9. The number of aliphatic carboxylic acids is 1. The van der Waals surface area contributed by atoms with Crippen molar-refractivity contribution >= 4 is 21.9 Å². The molecule has 0 aromatic rings. The predicted octanol–water partition coefficient (Wildman–Crippen LogP) is 0.0116. The fraction of sp³-hybridized carbons (Fsp3) is 0.286. The van der Waals surface area contributed by atoms with E-state index in [2.05, 4.69) is 15.9 Å². The Balaban J connectivity index is 2.97. The summed E-state index contributed by atoms with van der Waals surface area (Å²) in [5.41, 5.74) is -0.203. The zero-order chi connectivity index (χ0) is 9.30. The van der Waals surface area contributed by atoms with Gasteiger partial charge in [-0.25, -0.2) is 4.79 Å². The highest BCUT2D eigenvalue weighted by Crippen LogP contribution is 2.23. The molecule has 0 aromatic carbocycles. The summed E-state index contributed by atoms with van der Waals surface area (Å²) in [5, 5.41) is 26.9. The fourth-order valence-corrected chi connectivity index (χ4v) is 1.27. The van der Waals surface area contributed by atoms with Crippen molar-refractivity contribution < 1.29 is 20.1 Å². The number of carboxylic acid groups (broad SMARTS) is 1. The van der Waals surface area contributed by atoms with Crippen molar-refractivity contribution in [3.05, 3.63) is 22.2 Å². The van der Waals surface area contributed by atoms with E-state index in [1.165, 1.54) is 12.2 Å². The molecular weight excluding hydrogens is 228 g/mol. The number of aliphatic hydroxyl groups is 2. The van der Waals surface area contributed by atoms with Gasteiger partial charge in [0.2, 0.25) is 0 Å². The summed E-state index contributed by atoms with van der Waals surface area (Å²) in [7, 11) is 0. The molecule has 0 unspecified atom stereocenters. The smallest absolute Gasteiger partial charge is 0.334 e. The van der Waals surface area contributed by atoms with Crippen LogP contribution >= 0.6 is 15.9 Å². The Hall–Kier alpha value is -0.650. The number of aliphatic hydroxyl groups excluding tert-OH is 2. The number of carbonyl (C=O) groups is 1. The van der Waals surface area contributed by atoms with E-state index < -0.39 is 18.2 Å². The molecule has 1 rings (SSSR count). The Morgan fingerprint density at radius 2 is 1.92 bits per heavy atom. The zero-order valence-corrected chi connectivity index (χ0v) is 7.52. The molecule has 3 N–H and O–H groups in total. The molecule has 0 aromatic heterocycles. The van der Waals surface area contributed by atoms with Gasteiger partial charge in [-0.1, -0.05) is 15.9 Å². The van der Waals surface area contributed by atoms with E-state index in [1.807, 2.05) is 0 Å². The van der Waals surface area contributed by atoms with E-state index in [9.17, 15) is 15.0 Å². The van der Waals surface area contributed by atoms with Crippen LogP contribution in [0.15, 0.2) is 22.2 Å². The topological polar surface area (TPSA) is 77.8 Å². The van der Waals surface area contributed by atoms with Crippen LogP contribution in [0.1, 0.15) is 0 Å². The van der Waals surface area contributed by atoms with Gasteiger partial charge in [0.05, 0.1) is 5.57 Å². The summed E-state index contributed by atoms with van der Waals surface area (Å²) < 4.78 is 0.375. The molecule has 0 aliphatic heterocycles. The highest BCUT2D eigenvalue weighted by molar-refractivity contribution is 9.11. The third-order valence-electron chi connectivity index (χ3n) is 1.57. The molecule has 2 atom stereocenters. The van der Waals surface area contributed by atoms with Crippen molar-refractivity contribution in [1.82, 2.24) is 0 Å². The molecule has 0 heterocycles. The molecule has 0 fully saturated rings. The van der Waals surface area contributed by atoms with Crippen molar-refractivity contribution in [2.45, 2.75) is 12.2 Å². The Bertz CT molecular complexity index is 269. The van der Waals surface area contributed by atoms with Crippen molar-refractivity contribution in [2.24, 2.45) is 0 Å². The minimum absolute atomic E-state index is 0.203. The lowest BCUT2D eigenvalue weighted by molar-refractivity contribution is -0.134. The summed E-state index contributed by atoms with van der Waals surface area (Å²) >= 11 is 2.98. The van der Waals surface area contributed by atoms with E-state index in [4.69, 9.17) is 5.11 Å². The molecule has 66 valence electrons. The van der Waals surface area contributed by atoms with Crippen LogP contribution in [0.3, 0.4) is 0 Å². The van der Waals surface area contributed by atoms with Crippen LogP contribution in [-0.2, 0) is 4.79 Å². The number of carboxylic acids is 1. The first kappa shape index (κ1) is 9.44. The fourth-order valence-electron chi connectivity index (χ4n) is 0.885. The van der Waals surface area contributed by atoms with Gasteiger partial charge in [0.1, 0.15) is 12.2 Å². The molecule has 0 saturated heterocycles. The van der Waals surface area contributed by atoms with Crippen molar-refractivity contribution in [1.29, 1.82) is 0 Å². The SMILES string of the molecule is O=C(O)C1=CC=C(Br)[C@H](O)[C@@H]1O. The second kappa shape index (κ2) is 3.38. The normalized spacial score (nSPS) is 29.2. The van der Waals surface area contributed by atoms with E-state index in [0.717, 1.165) is 0 Å². The summed E-state index contributed by atoms with van der Waals surface area (Å²) in [6, 6.07) is 0. The van der Waals surface area contributed by atoms with E-state index in [0.29, 0.717) is 4.48 Å². The molecule has 0 spiro atoms. The van der Waals surface area contributed by atoms with E-state index >= 15 is 0 Å². The minimum atomic E-state index is -1.36. The Kier molecular flexibility index (Phi) is 2.66. The Morgan fingerprint density at radius 1 is 1.33 bits per heavy atom. The van der Waals surface area contributed by atoms with Gasteiger partial charge in [0.25, 0.3) is 0 Å². The van der Waals surface area contributed by atoms with Crippen LogP contribution in [0.4, 0.5) is 0 Å². The number of hydrogen-bond acceptors (Lipinski definition) is 3. The van der Waals surface area contributed by atoms with E-state index in [1.54, 1.807) is 0 Å². The molecule has 12 heavy (non-hydrogen) atoms. The van der Waals surface area contributed by atoms with E-state index in [-0.39, 0.29) is 5.57 Å². The maximum atomic E-state index is 10.4. The average molecular weight is 235 g/mol. The summed E-state index contributed by atoms with van der Waals surface area (Å²) in [4.78, 5) is 10.4. The number of rotatable bonds is 1. The van der Waals surface area contributed by atoms with Gasteiger partial charge in [-0.05, 0) is 12.2 Å². The monoisotopic (exact) mass is 234 g/mol. The largest absolute Gasteiger partial charge is 0.478 e. The second-order valence-electron chi connectivity index (χ2n) is 2.37. The van der Waals surface area contributed by atoms with Gasteiger partial charge in [0.15, 0.2) is 0 Å². The van der Waals surface area contributed by atoms with Crippen LogP contribution in [0.25, 0.3) is 0 Å². The first-order valence-corrected chi connectivity index (χ1v) is 4.00. The Morgan fingerprint density at radius 3 is 2.42 bits per heavy atom. The first-order chi connectivity index (χ1) is 5.54. The predicted molar refractivity (Wildman–Crippen MR) is 44.7 cm³/mol. The van der Waals surface area contributed by atoms with Gasteiger partial charge >= 0.3 is 5.97 Å². The standard InChI is InChI=1S/C7H7BrO4/c8-4-2-1-3(7(11)12)5(9)6(4)10/h1-2,5-6,9-10H,(H,11,12)/t5-,6+/m1/s1. The van der Waals surface area contributed by atoms with Gasteiger partial charge < -0.3 is 15.3 Å². The van der Waals surface area contributed by atoms with Crippen LogP contribution in [0, 0.1) is 0 Å². The van der Waals surface area contributed by atoms with Crippen LogP contribution in [0.2, 0.25) is 0 Å². The van der Waals surface area contributed by atoms with Crippen LogP contribution in [0.5, 0.6) is 0 Å². The number of hydrogen-bond donors (Lipinski definition) is 3. The summed E-state index contributed by atoms with van der Waals surface area (Å²) in [5.74, 6) is -1.22. The maximum Gasteiger partial charge on any atom is 0.334 e. The summed E-state index contributed by atoms with van der Waals surface area (Å²) in [6.45, 7) is 0. The molecule has 4 nitrogen and oxygen atoms in total. The number of allylic oxidation sites excluding steroid dienone is 2. The lowest BCUT2D eigenvalue weighted by Gasteiger charge is -2.20. The van der Waals surface area contributed by atoms with Crippen LogP contribution in [-0.4, -0.2) is 33.5 Å². The zero-order valence-electron chi connectivity index (χ0n) is 5.94. The van der Waals surface area contributed by atoms with Crippen molar-refractivity contribution in [3.63, 3.8) is 0 Å². The molecule has 1 aliphatic rings. The quantitative estimate of drug-likeness (QED) is 0.598. The van der Waals surface area contributed by atoms with Crippen molar-refractivity contribution in [2.75, 3.05) is 0 Å². The van der Waals surface area contributed by atoms with Gasteiger partial charge in [-0.15, -0.1) is 0 Å². The highest BCUT2D eigenvalue weighted by Gasteiger charge is 2.29. The molecule has 1 aliphatic carbocycles.